The molecule has 0 amide bonds. The molecule has 0 spiro atoms. The second-order valence-corrected chi connectivity index (χ2v) is 6.31. The highest BCUT2D eigenvalue weighted by Crippen LogP contribution is 2.33. The van der Waals surface area contributed by atoms with E-state index in [4.69, 9.17) is 5.21 Å². The maximum absolute atomic E-state index is 8.91. The van der Waals surface area contributed by atoms with Gasteiger partial charge in [0.1, 0.15) is 0 Å². The molecule has 3 nitrogen and oxygen atoms in total. The topological polar surface area (TPSA) is 35.8 Å². The maximum atomic E-state index is 8.91. The summed E-state index contributed by atoms with van der Waals surface area (Å²) in [5.41, 5.74) is 0.984. The lowest BCUT2D eigenvalue weighted by molar-refractivity contribution is 0.0970. The van der Waals surface area contributed by atoms with Crippen LogP contribution in [0.4, 0.5) is 0 Å². The van der Waals surface area contributed by atoms with E-state index in [1.165, 1.54) is 19.3 Å². The van der Waals surface area contributed by atoms with Gasteiger partial charge in [-0.25, -0.2) is 0 Å². The molecule has 98 valence electrons. The van der Waals surface area contributed by atoms with Gasteiger partial charge < -0.3 is 5.21 Å². The van der Waals surface area contributed by atoms with Gasteiger partial charge >= 0.3 is 0 Å². The Kier molecular flexibility index (Phi) is 4.08. The first-order chi connectivity index (χ1) is 8.10. The van der Waals surface area contributed by atoms with Gasteiger partial charge in [-0.1, -0.05) is 25.9 Å². The van der Waals surface area contributed by atoms with Crippen LogP contribution in [0.1, 0.15) is 46.5 Å². The van der Waals surface area contributed by atoms with Gasteiger partial charge in [0.05, 0.1) is 5.71 Å². The Morgan fingerprint density at radius 2 is 1.76 bits per heavy atom. The normalized spacial score (nSPS) is 42.9. The Bertz CT molecular complexity index is 280. The average molecular weight is 238 g/mol. The molecule has 2 fully saturated rings. The predicted octanol–water partition coefficient (Wildman–Crippen LogP) is 2.98. The summed E-state index contributed by atoms with van der Waals surface area (Å²) in [6.07, 6.45) is 5.03. The van der Waals surface area contributed by atoms with Crippen LogP contribution in [0.5, 0.6) is 0 Å². The van der Waals surface area contributed by atoms with Gasteiger partial charge in [0, 0.05) is 31.5 Å². The molecular weight excluding hydrogens is 212 g/mol. The van der Waals surface area contributed by atoms with Gasteiger partial charge in [-0.15, -0.1) is 0 Å². The van der Waals surface area contributed by atoms with E-state index < -0.39 is 0 Å². The van der Waals surface area contributed by atoms with Crippen molar-refractivity contribution < 1.29 is 5.21 Å². The minimum atomic E-state index is 0.418. The molecule has 3 heteroatoms. The second kappa shape index (κ2) is 5.38. The number of nitrogens with zero attached hydrogens (tertiary/aromatic N) is 2. The largest absolute Gasteiger partial charge is 0.411 e. The number of hydrogen-bond acceptors (Lipinski definition) is 3. The number of likely N-dealkylation sites (tertiary alicyclic amines) is 1. The van der Waals surface area contributed by atoms with Crippen molar-refractivity contribution in [3.8, 4) is 0 Å². The van der Waals surface area contributed by atoms with Crippen molar-refractivity contribution in [1.82, 2.24) is 4.90 Å². The second-order valence-electron chi connectivity index (χ2n) is 6.31. The molecule has 0 aromatic carbocycles. The zero-order valence-electron chi connectivity index (χ0n) is 11.4. The third kappa shape index (κ3) is 3.01. The van der Waals surface area contributed by atoms with Gasteiger partial charge in [0.2, 0.25) is 0 Å². The molecule has 1 N–H and O–H groups in total. The van der Waals surface area contributed by atoms with E-state index >= 15 is 0 Å². The minimum absolute atomic E-state index is 0.418. The Labute approximate surface area is 105 Å². The highest BCUT2D eigenvalue weighted by atomic mass is 16.4. The third-order valence-corrected chi connectivity index (χ3v) is 4.53. The molecular formula is C14H26N2O. The predicted molar refractivity (Wildman–Crippen MR) is 70.5 cm³/mol. The van der Waals surface area contributed by atoms with Gasteiger partial charge in [0.15, 0.2) is 0 Å². The lowest BCUT2D eigenvalue weighted by Crippen LogP contribution is -2.48. The summed E-state index contributed by atoms with van der Waals surface area (Å²) in [6.45, 7) is 9.10. The molecule has 3 unspecified atom stereocenters. The fraction of sp³-hybridized carbons (Fsp3) is 0.929. The van der Waals surface area contributed by atoms with E-state index in [1.807, 2.05) is 0 Å². The van der Waals surface area contributed by atoms with E-state index in [1.54, 1.807) is 0 Å². The van der Waals surface area contributed by atoms with E-state index in [9.17, 15) is 0 Å². The summed E-state index contributed by atoms with van der Waals surface area (Å²) in [5, 5.41) is 12.3. The van der Waals surface area contributed by atoms with Crippen LogP contribution in [0.15, 0.2) is 5.16 Å². The molecule has 1 heterocycles. The van der Waals surface area contributed by atoms with E-state index in [-0.39, 0.29) is 0 Å². The highest BCUT2D eigenvalue weighted by Gasteiger charge is 2.32. The Morgan fingerprint density at radius 1 is 1.12 bits per heavy atom. The van der Waals surface area contributed by atoms with Crippen molar-refractivity contribution in [2.45, 2.75) is 52.5 Å². The van der Waals surface area contributed by atoms with Crippen LogP contribution < -0.4 is 0 Å². The fourth-order valence-electron chi connectivity index (χ4n) is 3.74. The van der Waals surface area contributed by atoms with Crippen LogP contribution in [-0.2, 0) is 0 Å². The fourth-order valence-corrected chi connectivity index (χ4v) is 3.74. The lowest BCUT2D eigenvalue weighted by Gasteiger charge is -2.42. The zero-order chi connectivity index (χ0) is 12.4. The summed E-state index contributed by atoms with van der Waals surface area (Å²) >= 11 is 0. The van der Waals surface area contributed by atoms with Crippen LogP contribution in [0.25, 0.3) is 0 Å². The SMILES string of the molecule is CC1CC(C)CC(N2CCC(=NO)C(C)C2)C1. The first kappa shape index (κ1) is 12.9. The molecule has 1 aliphatic carbocycles. The minimum Gasteiger partial charge on any atom is -0.411 e. The molecule has 0 aromatic rings. The lowest BCUT2D eigenvalue weighted by atomic mass is 9.79. The number of oxime groups is 1. The molecule has 0 radical (unpaired) electrons. The van der Waals surface area contributed by atoms with Crippen molar-refractivity contribution in [2.24, 2.45) is 22.9 Å². The van der Waals surface area contributed by atoms with Crippen molar-refractivity contribution in [3.05, 3.63) is 0 Å². The van der Waals surface area contributed by atoms with Crippen molar-refractivity contribution in [2.75, 3.05) is 13.1 Å². The number of hydrogen-bond donors (Lipinski definition) is 1. The van der Waals surface area contributed by atoms with Crippen molar-refractivity contribution in [1.29, 1.82) is 0 Å². The van der Waals surface area contributed by atoms with Gasteiger partial charge in [0.25, 0.3) is 0 Å². The van der Waals surface area contributed by atoms with Crippen molar-refractivity contribution >= 4 is 5.71 Å². The molecule has 2 aliphatic rings. The average Bonchev–Trinajstić information content (AvgIpc) is 2.27. The quantitative estimate of drug-likeness (QED) is 0.563. The van der Waals surface area contributed by atoms with Crippen LogP contribution in [-0.4, -0.2) is 35.0 Å². The third-order valence-electron chi connectivity index (χ3n) is 4.53. The van der Waals surface area contributed by atoms with Crippen LogP contribution in [0.3, 0.4) is 0 Å². The van der Waals surface area contributed by atoms with Crippen LogP contribution in [0, 0.1) is 17.8 Å². The molecule has 2 rings (SSSR count). The van der Waals surface area contributed by atoms with Crippen molar-refractivity contribution in [3.63, 3.8) is 0 Å². The number of piperidine rings is 1. The first-order valence-electron chi connectivity index (χ1n) is 7.05. The highest BCUT2D eigenvalue weighted by molar-refractivity contribution is 5.87. The van der Waals surface area contributed by atoms with Crippen LogP contribution >= 0.6 is 0 Å². The van der Waals surface area contributed by atoms with E-state index in [0.29, 0.717) is 5.92 Å². The summed E-state index contributed by atoms with van der Waals surface area (Å²) in [6, 6.07) is 0.761. The smallest absolute Gasteiger partial charge is 0.0624 e. The summed E-state index contributed by atoms with van der Waals surface area (Å²) in [5.74, 6) is 2.15. The van der Waals surface area contributed by atoms with Gasteiger partial charge in [-0.05, 0) is 31.1 Å². The first-order valence-corrected chi connectivity index (χ1v) is 7.05. The molecule has 1 saturated carbocycles. The standard InChI is InChI=1S/C14H26N2O/c1-10-6-11(2)8-13(7-10)16-5-4-14(15-17)12(3)9-16/h10-13,17H,4-9H2,1-3H3. The molecule has 17 heavy (non-hydrogen) atoms. The monoisotopic (exact) mass is 238 g/mol. The Balaban J connectivity index is 1.95. The molecule has 1 aliphatic heterocycles. The Morgan fingerprint density at radius 3 is 2.29 bits per heavy atom. The van der Waals surface area contributed by atoms with Gasteiger partial charge in [-0.2, -0.15) is 0 Å². The molecule has 1 saturated heterocycles. The van der Waals surface area contributed by atoms with E-state index in [0.717, 1.165) is 43.1 Å². The molecule has 0 aromatic heterocycles. The van der Waals surface area contributed by atoms with Crippen LogP contribution in [0.2, 0.25) is 0 Å². The molecule has 0 bridgehead atoms. The van der Waals surface area contributed by atoms with E-state index in [2.05, 4.69) is 30.8 Å². The summed E-state index contributed by atoms with van der Waals surface area (Å²) in [7, 11) is 0. The zero-order valence-corrected chi connectivity index (χ0v) is 11.4. The summed E-state index contributed by atoms with van der Waals surface area (Å²) in [4.78, 5) is 2.63. The number of rotatable bonds is 1. The maximum Gasteiger partial charge on any atom is 0.0624 e. The summed E-state index contributed by atoms with van der Waals surface area (Å²) < 4.78 is 0. The van der Waals surface area contributed by atoms with Gasteiger partial charge in [-0.3, -0.25) is 4.90 Å². The Hall–Kier alpha value is -0.570. The molecule has 3 atom stereocenters.